The third-order valence-corrected chi connectivity index (χ3v) is 2.98. The summed E-state index contributed by atoms with van der Waals surface area (Å²) in [6, 6.07) is 7.17. The zero-order valence-corrected chi connectivity index (χ0v) is 13.2. The van der Waals surface area contributed by atoms with E-state index in [2.05, 4.69) is 20.8 Å². The zero-order valence-electron chi connectivity index (χ0n) is 12.5. The van der Waals surface area contributed by atoms with Crippen LogP contribution in [0.15, 0.2) is 30.5 Å². The second-order valence-corrected chi connectivity index (χ2v) is 4.95. The number of hydrogen-bond donors (Lipinski definition) is 2. The van der Waals surface area contributed by atoms with Crippen molar-refractivity contribution in [2.24, 2.45) is 0 Å². The van der Waals surface area contributed by atoms with Crippen molar-refractivity contribution in [3.8, 4) is 0 Å². The Morgan fingerprint density at radius 3 is 2.74 bits per heavy atom. The molecule has 0 saturated carbocycles. The third kappa shape index (κ3) is 5.59. The number of ether oxygens (including phenoxy) is 1. The molecule has 1 aromatic heterocycles. The zero-order chi connectivity index (χ0) is 16.7. The van der Waals surface area contributed by atoms with Crippen LogP contribution in [0.4, 0.5) is 10.6 Å². The highest BCUT2D eigenvalue weighted by atomic mass is 35.5. The average molecular weight is 338 g/mol. The van der Waals surface area contributed by atoms with Gasteiger partial charge in [-0.05, 0) is 24.6 Å². The highest BCUT2D eigenvalue weighted by Gasteiger charge is 2.09. The minimum absolute atomic E-state index is 0.0574. The summed E-state index contributed by atoms with van der Waals surface area (Å²) in [6.45, 7) is 2.28. The van der Waals surface area contributed by atoms with Crippen LogP contribution >= 0.6 is 11.6 Å². The fourth-order valence-electron chi connectivity index (χ4n) is 1.69. The van der Waals surface area contributed by atoms with Gasteiger partial charge in [-0.25, -0.2) is 4.79 Å². The second-order valence-electron chi connectivity index (χ2n) is 4.51. The van der Waals surface area contributed by atoms with E-state index in [0.29, 0.717) is 11.6 Å². The summed E-state index contributed by atoms with van der Waals surface area (Å²) in [6.07, 6.45) is 0.718. The summed E-state index contributed by atoms with van der Waals surface area (Å²) in [5, 5.41) is 13.6. The number of carbonyl (C=O) groups excluding carboxylic acids is 2. The van der Waals surface area contributed by atoms with Gasteiger partial charge in [0.05, 0.1) is 12.8 Å². The Bertz CT molecular complexity index is 671. The summed E-state index contributed by atoms with van der Waals surface area (Å²) in [4.78, 5) is 24.2. The van der Waals surface area contributed by atoms with E-state index in [4.69, 9.17) is 16.3 Å². The molecule has 0 spiro atoms. The van der Waals surface area contributed by atoms with E-state index in [9.17, 15) is 9.59 Å². The van der Waals surface area contributed by atoms with Crippen LogP contribution in [0.5, 0.6) is 0 Å². The highest BCUT2D eigenvalue weighted by molar-refractivity contribution is 6.30. The molecule has 2 amide bonds. The summed E-state index contributed by atoms with van der Waals surface area (Å²) >= 11 is 5.79. The van der Waals surface area contributed by atoms with E-state index < -0.39 is 6.09 Å². The molecule has 122 valence electrons. The Hall–Kier alpha value is -2.61. The second kappa shape index (κ2) is 8.14. The number of amides is 2. The van der Waals surface area contributed by atoms with Gasteiger partial charge in [0.25, 0.3) is 0 Å². The van der Waals surface area contributed by atoms with Crippen LogP contribution < -0.4 is 10.6 Å². The molecule has 1 aromatic carbocycles. The van der Waals surface area contributed by atoms with Crippen LogP contribution in [-0.4, -0.2) is 33.6 Å². The van der Waals surface area contributed by atoms with Crippen LogP contribution in [-0.2, 0) is 22.6 Å². The topological polar surface area (TPSA) is 98.1 Å². The smallest absolute Gasteiger partial charge is 0.412 e. The molecule has 2 aromatic rings. The lowest BCUT2D eigenvalue weighted by Gasteiger charge is -2.05. The Morgan fingerprint density at radius 1 is 1.30 bits per heavy atom. The molecular weight excluding hydrogens is 322 g/mol. The molecule has 0 unspecified atom stereocenters. The molecule has 0 saturated heterocycles. The average Bonchev–Trinajstić information content (AvgIpc) is 2.94. The minimum Gasteiger partial charge on any atom is -0.450 e. The molecule has 8 nitrogen and oxygen atoms in total. The van der Waals surface area contributed by atoms with Gasteiger partial charge in [-0.3, -0.25) is 10.1 Å². The molecule has 9 heteroatoms. The van der Waals surface area contributed by atoms with Gasteiger partial charge < -0.3 is 10.1 Å². The van der Waals surface area contributed by atoms with Gasteiger partial charge in [0.1, 0.15) is 6.54 Å². The van der Waals surface area contributed by atoms with Gasteiger partial charge in [-0.1, -0.05) is 23.7 Å². The van der Waals surface area contributed by atoms with Crippen molar-refractivity contribution in [2.75, 3.05) is 11.9 Å². The van der Waals surface area contributed by atoms with Gasteiger partial charge in [-0.15, -0.1) is 5.10 Å². The maximum absolute atomic E-state index is 11.8. The van der Waals surface area contributed by atoms with E-state index in [1.807, 2.05) is 12.1 Å². The molecular formula is C14H16ClN5O3. The summed E-state index contributed by atoms with van der Waals surface area (Å²) in [7, 11) is 0. The first-order valence-corrected chi connectivity index (χ1v) is 7.29. The maximum atomic E-state index is 11.8. The summed E-state index contributed by atoms with van der Waals surface area (Å²) in [5.74, 6) is -0.0350. The molecule has 0 aliphatic rings. The van der Waals surface area contributed by atoms with Crippen molar-refractivity contribution >= 4 is 29.4 Å². The van der Waals surface area contributed by atoms with Crippen molar-refractivity contribution in [1.82, 2.24) is 20.3 Å². The predicted octanol–water partition coefficient (Wildman–Crippen LogP) is 1.82. The van der Waals surface area contributed by atoms with Crippen molar-refractivity contribution in [3.05, 3.63) is 41.0 Å². The van der Waals surface area contributed by atoms with Crippen molar-refractivity contribution < 1.29 is 14.3 Å². The van der Waals surface area contributed by atoms with E-state index in [1.54, 1.807) is 19.1 Å². The van der Waals surface area contributed by atoms with Crippen LogP contribution in [0, 0.1) is 0 Å². The Balaban J connectivity index is 1.80. The van der Waals surface area contributed by atoms with Crippen LogP contribution in [0.2, 0.25) is 5.02 Å². The quantitative estimate of drug-likeness (QED) is 0.837. The minimum atomic E-state index is -0.619. The molecule has 0 bridgehead atoms. The number of rotatable bonds is 6. The van der Waals surface area contributed by atoms with Gasteiger partial charge in [0.15, 0.2) is 5.82 Å². The van der Waals surface area contributed by atoms with E-state index in [-0.39, 0.29) is 24.9 Å². The van der Waals surface area contributed by atoms with E-state index in [0.717, 1.165) is 5.56 Å². The number of benzene rings is 1. The number of nitrogens with zero attached hydrogens (tertiary/aromatic N) is 3. The number of hydrogen-bond acceptors (Lipinski definition) is 5. The van der Waals surface area contributed by atoms with E-state index >= 15 is 0 Å². The molecule has 0 atom stereocenters. The number of halogens is 1. The van der Waals surface area contributed by atoms with Crippen LogP contribution in [0.1, 0.15) is 12.5 Å². The number of carbonyl (C=O) groups is 2. The number of nitrogens with one attached hydrogen (secondary N) is 2. The summed E-state index contributed by atoms with van der Waals surface area (Å²) in [5.41, 5.74) is 0.931. The van der Waals surface area contributed by atoms with Crippen molar-refractivity contribution in [2.45, 2.75) is 20.0 Å². The molecule has 0 aliphatic carbocycles. The lowest BCUT2D eigenvalue weighted by molar-refractivity contribution is -0.122. The molecule has 0 fully saturated rings. The molecule has 0 radical (unpaired) electrons. The fraction of sp³-hybridized carbons (Fsp3) is 0.286. The molecule has 0 aliphatic heterocycles. The largest absolute Gasteiger partial charge is 0.450 e. The third-order valence-electron chi connectivity index (χ3n) is 2.73. The monoisotopic (exact) mass is 337 g/mol. The van der Waals surface area contributed by atoms with Gasteiger partial charge >= 0.3 is 6.09 Å². The predicted molar refractivity (Wildman–Crippen MR) is 84.0 cm³/mol. The fourth-order valence-corrected chi connectivity index (χ4v) is 1.82. The van der Waals surface area contributed by atoms with Gasteiger partial charge in [0.2, 0.25) is 5.91 Å². The van der Waals surface area contributed by atoms with Gasteiger partial charge in [0, 0.05) is 11.6 Å². The first-order valence-electron chi connectivity index (χ1n) is 6.92. The Labute approximate surface area is 137 Å². The van der Waals surface area contributed by atoms with E-state index in [1.165, 1.54) is 11.0 Å². The first-order chi connectivity index (χ1) is 11.1. The normalized spacial score (nSPS) is 10.2. The molecule has 1 heterocycles. The first kappa shape index (κ1) is 16.8. The summed E-state index contributed by atoms with van der Waals surface area (Å²) < 4.78 is 4.72. The Kier molecular flexibility index (Phi) is 5.93. The maximum Gasteiger partial charge on any atom is 0.412 e. The standard InChI is InChI=1S/C14H16ClN5O3/c1-2-23-14(22)18-12-8-17-20(19-12)9-13(21)16-7-10-3-5-11(15)6-4-10/h3-6,8H,2,7,9H2,1H3,(H,16,21)(H,18,19,22). The molecule has 2 rings (SSSR count). The van der Waals surface area contributed by atoms with Crippen molar-refractivity contribution in [1.29, 1.82) is 0 Å². The molecule has 2 N–H and O–H groups in total. The van der Waals surface area contributed by atoms with Crippen LogP contribution in [0.25, 0.3) is 0 Å². The number of anilines is 1. The highest BCUT2D eigenvalue weighted by Crippen LogP contribution is 2.09. The SMILES string of the molecule is CCOC(=O)Nc1cnn(CC(=O)NCc2ccc(Cl)cc2)n1. The number of aromatic nitrogens is 3. The molecule has 23 heavy (non-hydrogen) atoms. The van der Waals surface area contributed by atoms with Crippen LogP contribution in [0.3, 0.4) is 0 Å². The Morgan fingerprint density at radius 2 is 2.04 bits per heavy atom. The lowest BCUT2D eigenvalue weighted by Crippen LogP contribution is -2.28. The van der Waals surface area contributed by atoms with Gasteiger partial charge in [-0.2, -0.15) is 9.90 Å². The van der Waals surface area contributed by atoms with Crippen molar-refractivity contribution in [3.63, 3.8) is 0 Å². The lowest BCUT2D eigenvalue weighted by atomic mass is 10.2.